The second-order valence-electron chi connectivity index (χ2n) is 7.48. The fourth-order valence-electron chi connectivity index (χ4n) is 4.38. The molecule has 1 N–H and O–H groups in total. The van der Waals surface area contributed by atoms with Gasteiger partial charge in [0.25, 0.3) is 0 Å². The quantitative estimate of drug-likeness (QED) is 0.814. The van der Waals surface area contributed by atoms with Gasteiger partial charge >= 0.3 is 6.09 Å². The molecule has 4 heteroatoms. The third-order valence-electron chi connectivity index (χ3n) is 5.74. The van der Waals surface area contributed by atoms with Crippen molar-refractivity contribution in [1.29, 1.82) is 0 Å². The zero-order valence-electron chi connectivity index (χ0n) is 14.5. The van der Waals surface area contributed by atoms with Crippen molar-refractivity contribution < 1.29 is 9.53 Å². The minimum atomic E-state index is -0.155. The van der Waals surface area contributed by atoms with Crippen molar-refractivity contribution in [2.24, 2.45) is 5.92 Å². The summed E-state index contributed by atoms with van der Waals surface area (Å²) in [6, 6.07) is 9.76. The van der Waals surface area contributed by atoms with Crippen LogP contribution in [0.2, 0.25) is 0 Å². The first kappa shape index (κ1) is 15.9. The molecule has 1 amide bonds. The van der Waals surface area contributed by atoms with Crippen LogP contribution in [0.25, 0.3) is 0 Å². The molecule has 2 aliphatic carbocycles. The Kier molecular flexibility index (Phi) is 4.49. The summed E-state index contributed by atoms with van der Waals surface area (Å²) in [5.41, 5.74) is 2.33. The van der Waals surface area contributed by atoms with Gasteiger partial charge in [-0.2, -0.15) is 0 Å². The number of ether oxygens (including phenoxy) is 1. The van der Waals surface area contributed by atoms with Crippen molar-refractivity contribution in [2.45, 2.75) is 70.0 Å². The Morgan fingerprint density at radius 3 is 2.88 bits per heavy atom. The van der Waals surface area contributed by atoms with E-state index < -0.39 is 0 Å². The highest BCUT2D eigenvalue weighted by atomic mass is 16.6. The van der Waals surface area contributed by atoms with Gasteiger partial charge in [-0.25, -0.2) is 4.79 Å². The number of benzene rings is 1. The SMILES string of the molecule is CCCCOC(=O)N1c2ccccc2C(NC2CC2)C2CCCC21. The van der Waals surface area contributed by atoms with Gasteiger partial charge < -0.3 is 10.1 Å². The topological polar surface area (TPSA) is 41.6 Å². The molecule has 130 valence electrons. The van der Waals surface area contributed by atoms with Gasteiger partial charge in [-0.3, -0.25) is 4.90 Å². The third-order valence-corrected chi connectivity index (χ3v) is 5.74. The lowest BCUT2D eigenvalue weighted by Gasteiger charge is -2.43. The molecule has 4 nitrogen and oxygen atoms in total. The number of rotatable bonds is 5. The second-order valence-corrected chi connectivity index (χ2v) is 7.48. The molecular formula is C20H28N2O2. The maximum absolute atomic E-state index is 12.8. The molecule has 4 rings (SSSR count). The molecule has 1 aromatic carbocycles. The maximum Gasteiger partial charge on any atom is 0.414 e. The molecular weight excluding hydrogens is 300 g/mol. The van der Waals surface area contributed by atoms with Gasteiger partial charge in [-0.15, -0.1) is 0 Å². The van der Waals surface area contributed by atoms with E-state index in [9.17, 15) is 4.79 Å². The monoisotopic (exact) mass is 328 g/mol. The molecule has 2 fully saturated rings. The number of anilines is 1. The minimum absolute atomic E-state index is 0.155. The van der Waals surface area contributed by atoms with E-state index in [2.05, 4.69) is 30.4 Å². The number of nitrogens with zero attached hydrogens (tertiary/aromatic N) is 1. The van der Waals surface area contributed by atoms with E-state index in [1.54, 1.807) is 0 Å². The maximum atomic E-state index is 12.8. The van der Waals surface area contributed by atoms with E-state index in [1.807, 2.05) is 11.0 Å². The molecule has 24 heavy (non-hydrogen) atoms. The Labute approximate surface area is 144 Å². The zero-order valence-corrected chi connectivity index (χ0v) is 14.5. The highest BCUT2D eigenvalue weighted by Crippen LogP contribution is 2.48. The summed E-state index contributed by atoms with van der Waals surface area (Å²) >= 11 is 0. The number of unbranched alkanes of at least 4 members (excludes halogenated alkanes) is 1. The first-order chi connectivity index (χ1) is 11.8. The number of para-hydroxylation sites is 1. The molecule has 0 saturated heterocycles. The number of fused-ring (bicyclic) bond motifs is 2. The molecule has 0 radical (unpaired) electrons. The average Bonchev–Trinajstić information content (AvgIpc) is 3.29. The van der Waals surface area contributed by atoms with E-state index in [0.29, 0.717) is 24.6 Å². The van der Waals surface area contributed by atoms with Crippen molar-refractivity contribution in [2.75, 3.05) is 11.5 Å². The predicted octanol–water partition coefficient (Wildman–Crippen LogP) is 4.41. The molecule has 1 aliphatic heterocycles. The van der Waals surface area contributed by atoms with Gasteiger partial charge in [0.2, 0.25) is 0 Å². The summed E-state index contributed by atoms with van der Waals surface area (Å²) in [7, 11) is 0. The van der Waals surface area contributed by atoms with Crippen LogP contribution in [-0.2, 0) is 4.74 Å². The number of hydrogen-bond acceptors (Lipinski definition) is 3. The lowest BCUT2D eigenvalue weighted by Crippen LogP contribution is -2.51. The first-order valence-corrected chi connectivity index (χ1v) is 9.60. The minimum Gasteiger partial charge on any atom is -0.449 e. The van der Waals surface area contributed by atoms with Crippen molar-refractivity contribution in [3.05, 3.63) is 29.8 Å². The molecule has 2 saturated carbocycles. The van der Waals surface area contributed by atoms with Crippen LogP contribution in [-0.4, -0.2) is 24.8 Å². The Balaban J connectivity index is 1.64. The molecule has 1 aromatic rings. The van der Waals surface area contributed by atoms with Crippen LogP contribution in [0.15, 0.2) is 24.3 Å². The summed E-state index contributed by atoms with van der Waals surface area (Å²) in [6.45, 7) is 2.64. The summed E-state index contributed by atoms with van der Waals surface area (Å²) in [4.78, 5) is 14.8. The van der Waals surface area contributed by atoms with Crippen LogP contribution in [0.5, 0.6) is 0 Å². The molecule has 3 unspecified atom stereocenters. The van der Waals surface area contributed by atoms with E-state index in [1.165, 1.54) is 31.2 Å². The Morgan fingerprint density at radius 1 is 1.25 bits per heavy atom. The molecule has 3 atom stereocenters. The van der Waals surface area contributed by atoms with Crippen LogP contribution >= 0.6 is 0 Å². The predicted molar refractivity (Wildman–Crippen MR) is 95.2 cm³/mol. The summed E-state index contributed by atoms with van der Waals surface area (Å²) in [5.74, 6) is 0.513. The zero-order chi connectivity index (χ0) is 16.5. The lowest BCUT2D eigenvalue weighted by atomic mass is 9.83. The smallest absolute Gasteiger partial charge is 0.414 e. The number of amides is 1. The van der Waals surface area contributed by atoms with Crippen molar-refractivity contribution in [1.82, 2.24) is 5.32 Å². The average molecular weight is 328 g/mol. The van der Waals surface area contributed by atoms with E-state index >= 15 is 0 Å². The number of carbonyl (C=O) groups is 1. The Bertz CT molecular complexity index is 599. The van der Waals surface area contributed by atoms with Crippen molar-refractivity contribution in [3.63, 3.8) is 0 Å². The fraction of sp³-hybridized carbons (Fsp3) is 0.650. The van der Waals surface area contributed by atoms with Gasteiger partial charge in [0.05, 0.1) is 12.3 Å². The molecule has 0 spiro atoms. The molecule has 1 heterocycles. The highest BCUT2D eigenvalue weighted by Gasteiger charge is 2.47. The van der Waals surface area contributed by atoms with Crippen molar-refractivity contribution in [3.8, 4) is 0 Å². The number of hydrogen-bond donors (Lipinski definition) is 1. The lowest BCUT2D eigenvalue weighted by molar-refractivity contribution is 0.144. The van der Waals surface area contributed by atoms with Crippen molar-refractivity contribution >= 4 is 11.8 Å². The van der Waals surface area contributed by atoms with Gasteiger partial charge in [0, 0.05) is 18.1 Å². The molecule has 0 aromatic heterocycles. The summed E-state index contributed by atoms with van der Waals surface area (Å²) < 4.78 is 5.58. The van der Waals surface area contributed by atoms with Gasteiger partial charge in [-0.05, 0) is 49.7 Å². The number of nitrogens with one attached hydrogen (secondary N) is 1. The van der Waals surface area contributed by atoms with Gasteiger partial charge in [-0.1, -0.05) is 38.0 Å². The molecule has 3 aliphatic rings. The van der Waals surface area contributed by atoms with Gasteiger partial charge in [0.1, 0.15) is 0 Å². The molecule has 0 bridgehead atoms. The highest BCUT2D eigenvalue weighted by molar-refractivity contribution is 5.90. The third kappa shape index (κ3) is 2.92. The standard InChI is InChI=1S/C20H28N2O2/c1-2-3-13-24-20(23)22-17-9-5-4-7-15(17)19(21-14-11-12-14)16-8-6-10-18(16)22/h4-5,7,9,14,16,18-19,21H,2-3,6,8,10-13H2,1H3. The summed E-state index contributed by atoms with van der Waals surface area (Å²) in [6.07, 6.45) is 7.89. The largest absolute Gasteiger partial charge is 0.449 e. The van der Waals surface area contributed by atoms with E-state index in [0.717, 1.165) is 24.9 Å². The Hall–Kier alpha value is -1.55. The summed E-state index contributed by atoms with van der Waals surface area (Å²) in [5, 5.41) is 3.85. The van der Waals surface area contributed by atoms with E-state index in [4.69, 9.17) is 4.74 Å². The van der Waals surface area contributed by atoms with E-state index in [-0.39, 0.29) is 12.1 Å². The fourth-order valence-corrected chi connectivity index (χ4v) is 4.38. The number of carbonyl (C=O) groups excluding carboxylic acids is 1. The second kappa shape index (κ2) is 6.75. The van der Waals surface area contributed by atoms with Gasteiger partial charge in [0.15, 0.2) is 0 Å². The van der Waals surface area contributed by atoms with Crippen LogP contribution < -0.4 is 10.2 Å². The van der Waals surface area contributed by atoms with Crippen LogP contribution in [0.1, 0.15) is 63.5 Å². The first-order valence-electron chi connectivity index (χ1n) is 9.60. The van der Waals surface area contributed by atoms with Crippen LogP contribution in [0, 0.1) is 5.92 Å². The normalized spacial score (nSPS) is 28.4. The van der Waals surface area contributed by atoms with Crippen LogP contribution in [0.3, 0.4) is 0 Å². The Morgan fingerprint density at radius 2 is 2.08 bits per heavy atom. The van der Waals surface area contributed by atoms with Crippen LogP contribution in [0.4, 0.5) is 10.5 Å².